The molecule has 0 amide bonds. The standard InChI is InChI=1S/C16H21N3O4/c1-3-4-5-9-19-14(15(16(20)21)17-18-19)11-23-13-8-6-7-12(10-13)22-2/h6-8,10H,3-5,9,11H2,1-2H3,(H,20,21). The number of carboxylic acid groups (broad SMARTS) is 1. The van der Waals surface area contributed by atoms with Gasteiger partial charge in [0.15, 0.2) is 5.69 Å². The van der Waals surface area contributed by atoms with Crippen molar-refractivity contribution in [2.75, 3.05) is 7.11 Å². The number of hydrogen-bond donors (Lipinski definition) is 1. The summed E-state index contributed by atoms with van der Waals surface area (Å²) in [5, 5.41) is 16.9. The van der Waals surface area contributed by atoms with Crippen LogP contribution < -0.4 is 9.47 Å². The van der Waals surface area contributed by atoms with Crippen LogP contribution in [0.15, 0.2) is 24.3 Å². The zero-order valence-corrected chi connectivity index (χ0v) is 13.4. The molecule has 0 spiro atoms. The minimum absolute atomic E-state index is 0.0654. The van der Waals surface area contributed by atoms with Gasteiger partial charge in [0, 0.05) is 12.6 Å². The predicted molar refractivity (Wildman–Crippen MR) is 83.8 cm³/mol. The van der Waals surface area contributed by atoms with Crippen molar-refractivity contribution < 1.29 is 19.4 Å². The van der Waals surface area contributed by atoms with Crippen LogP contribution in [0.2, 0.25) is 0 Å². The van der Waals surface area contributed by atoms with Crippen LogP contribution in [0.5, 0.6) is 11.5 Å². The van der Waals surface area contributed by atoms with Gasteiger partial charge < -0.3 is 14.6 Å². The number of ether oxygens (including phenoxy) is 2. The molecule has 1 aromatic carbocycles. The number of aryl methyl sites for hydroxylation is 1. The van der Waals surface area contributed by atoms with Gasteiger partial charge in [-0.25, -0.2) is 9.48 Å². The summed E-state index contributed by atoms with van der Waals surface area (Å²) in [5.41, 5.74) is 0.404. The zero-order valence-electron chi connectivity index (χ0n) is 13.4. The Morgan fingerprint density at radius 2 is 2.09 bits per heavy atom. The van der Waals surface area contributed by atoms with Crippen LogP contribution in [0.1, 0.15) is 42.4 Å². The molecule has 2 aromatic rings. The van der Waals surface area contributed by atoms with Gasteiger partial charge in [0.05, 0.1) is 7.11 Å². The molecule has 0 aliphatic heterocycles. The van der Waals surface area contributed by atoms with Crippen LogP contribution in [0, 0.1) is 0 Å². The molecule has 0 radical (unpaired) electrons. The molecular weight excluding hydrogens is 298 g/mol. The molecule has 0 aliphatic rings. The molecule has 124 valence electrons. The van der Waals surface area contributed by atoms with Crippen molar-refractivity contribution in [2.24, 2.45) is 0 Å². The van der Waals surface area contributed by atoms with Crippen molar-refractivity contribution in [3.05, 3.63) is 35.7 Å². The number of aromatic carboxylic acids is 1. The number of carboxylic acids is 1. The first-order valence-corrected chi connectivity index (χ1v) is 7.58. The van der Waals surface area contributed by atoms with Crippen molar-refractivity contribution in [1.29, 1.82) is 0 Å². The van der Waals surface area contributed by atoms with Crippen LogP contribution in [0.25, 0.3) is 0 Å². The second kappa shape index (κ2) is 8.17. The molecular formula is C16H21N3O4. The van der Waals surface area contributed by atoms with Crippen molar-refractivity contribution in [3.63, 3.8) is 0 Å². The van der Waals surface area contributed by atoms with Crippen LogP contribution >= 0.6 is 0 Å². The first-order chi connectivity index (χ1) is 11.2. The highest BCUT2D eigenvalue weighted by Gasteiger charge is 2.19. The smallest absolute Gasteiger partial charge is 0.358 e. The van der Waals surface area contributed by atoms with Gasteiger partial charge in [-0.05, 0) is 18.6 Å². The van der Waals surface area contributed by atoms with Crippen LogP contribution in [-0.2, 0) is 13.2 Å². The van der Waals surface area contributed by atoms with E-state index in [-0.39, 0.29) is 12.3 Å². The molecule has 0 unspecified atom stereocenters. The van der Waals surface area contributed by atoms with Gasteiger partial charge in [0.25, 0.3) is 0 Å². The van der Waals surface area contributed by atoms with E-state index in [9.17, 15) is 9.90 Å². The van der Waals surface area contributed by atoms with E-state index in [0.29, 0.717) is 23.7 Å². The lowest BCUT2D eigenvalue weighted by molar-refractivity contribution is 0.0687. The van der Waals surface area contributed by atoms with Crippen molar-refractivity contribution in [1.82, 2.24) is 15.0 Å². The summed E-state index contributed by atoms with van der Waals surface area (Å²) in [6, 6.07) is 7.15. The number of benzene rings is 1. The number of aromatic nitrogens is 3. The van der Waals surface area contributed by atoms with Gasteiger partial charge in [0.2, 0.25) is 0 Å². The fraction of sp³-hybridized carbons (Fsp3) is 0.438. The lowest BCUT2D eigenvalue weighted by Gasteiger charge is -2.10. The first-order valence-electron chi connectivity index (χ1n) is 7.58. The highest BCUT2D eigenvalue weighted by Crippen LogP contribution is 2.20. The topological polar surface area (TPSA) is 86.5 Å². The fourth-order valence-corrected chi connectivity index (χ4v) is 2.18. The summed E-state index contributed by atoms with van der Waals surface area (Å²) in [6.45, 7) is 2.83. The molecule has 1 N–H and O–H groups in total. The molecule has 23 heavy (non-hydrogen) atoms. The minimum atomic E-state index is -1.10. The molecule has 1 heterocycles. The number of hydrogen-bond acceptors (Lipinski definition) is 5. The summed E-state index contributed by atoms with van der Waals surface area (Å²) < 4.78 is 12.4. The molecule has 0 bridgehead atoms. The SMILES string of the molecule is CCCCCn1nnc(C(=O)O)c1COc1cccc(OC)c1. The van der Waals surface area contributed by atoms with Gasteiger partial charge in [-0.3, -0.25) is 0 Å². The van der Waals surface area contributed by atoms with Crippen LogP contribution in [0.3, 0.4) is 0 Å². The largest absolute Gasteiger partial charge is 0.497 e. The highest BCUT2D eigenvalue weighted by molar-refractivity contribution is 5.86. The van der Waals surface area contributed by atoms with E-state index in [1.54, 1.807) is 23.9 Å². The van der Waals surface area contributed by atoms with Crippen LogP contribution in [0.4, 0.5) is 0 Å². The van der Waals surface area contributed by atoms with Crippen molar-refractivity contribution in [2.45, 2.75) is 39.3 Å². The second-order valence-corrected chi connectivity index (χ2v) is 5.09. The van der Waals surface area contributed by atoms with Crippen molar-refractivity contribution >= 4 is 5.97 Å². The zero-order chi connectivity index (χ0) is 16.7. The van der Waals surface area contributed by atoms with E-state index in [4.69, 9.17) is 9.47 Å². The maximum atomic E-state index is 11.3. The monoisotopic (exact) mass is 319 g/mol. The number of methoxy groups -OCH3 is 1. The molecule has 2 rings (SSSR count). The molecule has 0 saturated heterocycles. The molecule has 1 aromatic heterocycles. The summed E-state index contributed by atoms with van der Waals surface area (Å²) in [4.78, 5) is 11.3. The average Bonchev–Trinajstić information content (AvgIpc) is 2.96. The van der Waals surface area contributed by atoms with E-state index in [0.717, 1.165) is 19.3 Å². The summed E-state index contributed by atoms with van der Waals surface area (Å²) in [5.74, 6) is 0.175. The maximum absolute atomic E-state index is 11.3. The minimum Gasteiger partial charge on any atom is -0.497 e. The molecule has 0 saturated carbocycles. The van der Waals surface area contributed by atoms with E-state index in [1.165, 1.54) is 0 Å². The number of rotatable bonds is 9. The van der Waals surface area contributed by atoms with Crippen molar-refractivity contribution in [3.8, 4) is 11.5 Å². The van der Waals surface area contributed by atoms with E-state index in [1.807, 2.05) is 12.1 Å². The van der Waals surface area contributed by atoms with Crippen LogP contribution in [-0.4, -0.2) is 33.2 Å². The Morgan fingerprint density at radius 1 is 1.30 bits per heavy atom. The third-order valence-corrected chi connectivity index (χ3v) is 3.43. The highest BCUT2D eigenvalue weighted by atomic mass is 16.5. The Balaban J connectivity index is 2.12. The molecule has 7 nitrogen and oxygen atoms in total. The van der Waals surface area contributed by atoms with Gasteiger partial charge in [-0.15, -0.1) is 5.10 Å². The maximum Gasteiger partial charge on any atom is 0.358 e. The molecule has 7 heteroatoms. The Bertz CT molecular complexity index is 655. The second-order valence-electron chi connectivity index (χ2n) is 5.09. The number of nitrogens with zero attached hydrogens (tertiary/aromatic N) is 3. The number of carbonyl (C=O) groups is 1. The van der Waals surface area contributed by atoms with E-state index >= 15 is 0 Å². The Kier molecular flexibility index (Phi) is 5.96. The van der Waals surface area contributed by atoms with Gasteiger partial charge in [-0.1, -0.05) is 31.0 Å². The van der Waals surface area contributed by atoms with Gasteiger partial charge in [-0.2, -0.15) is 0 Å². The van der Waals surface area contributed by atoms with E-state index < -0.39 is 5.97 Å². The molecule has 0 atom stereocenters. The Morgan fingerprint density at radius 3 is 2.78 bits per heavy atom. The number of unbranched alkanes of at least 4 members (excludes halogenated alkanes) is 2. The molecule has 0 fully saturated rings. The van der Waals surface area contributed by atoms with Gasteiger partial charge >= 0.3 is 5.97 Å². The first kappa shape index (κ1) is 16.8. The molecule has 0 aliphatic carbocycles. The van der Waals surface area contributed by atoms with Gasteiger partial charge in [0.1, 0.15) is 23.8 Å². The summed E-state index contributed by atoms with van der Waals surface area (Å²) in [6.07, 6.45) is 3.06. The lowest BCUT2D eigenvalue weighted by Crippen LogP contribution is -2.11. The summed E-state index contributed by atoms with van der Waals surface area (Å²) >= 11 is 0. The van der Waals surface area contributed by atoms with E-state index in [2.05, 4.69) is 17.2 Å². The summed E-state index contributed by atoms with van der Waals surface area (Å²) in [7, 11) is 1.58. The Labute approximate surface area is 134 Å². The quantitative estimate of drug-likeness (QED) is 0.715. The average molecular weight is 319 g/mol. The Hall–Kier alpha value is -2.57. The third-order valence-electron chi connectivity index (χ3n) is 3.43. The predicted octanol–water partition coefficient (Wildman–Crippen LogP) is 2.75. The fourth-order valence-electron chi connectivity index (χ4n) is 2.18. The normalized spacial score (nSPS) is 10.5. The third kappa shape index (κ3) is 4.45. The lowest BCUT2D eigenvalue weighted by atomic mass is 10.2.